The predicted octanol–water partition coefficient (Wildman–Crippen LogP) is -2.34. The summed E-state index contributed by atoms with van der Waals surface area (Å²) in [7, 11) is -4.97. The Morgan fingerprint density at radius 1 is 1.36 bits per heavy atom. The van der Waals surface area contributed by atoms with Gasteiger partial charge in [0, 0.05) is 0 Å². The van der Waals surface area contributed by atoms with Crippen LogP contribution in [0.4, 0.5) is 5.95 Å². The standard InChI is InChI=1S/C10H15N5O10P2S/c11-10-13-7-4(8(18)14-10)12-2-15(7)9-6(17)5(16)3(24-9)1-23-26(19,20)25-27(21,22)28/h2-3,5-6,9,16-17H,1H2,(H,19,20)(H2,21,22,28)(H3,11,13,14,18)/t3-,5?,6+,9-/m1/s1. The number of aromatic amines is 1. The van der Waals surface area contributed by atoms with Crippen LogP contribution in [0, 0.1) is 0 Å². The first-order valence-corrected chi connectivity index (χ1v) is 11.5. The van der Waals surface area contributed by atoms with E-state index in [0.29, 0.717) is 0 Å². The molecule has 3 rings (SSSR count). The van der Waals surface area contributed by atoms with Crippen molar-refractivity contribution in [1.29, 1.82) is 0 Å². The van der Waals surface area contributed by atoms with Crippen LogP contribution >= 0.6 is 14.5 Å². The van der Waals surface area contributed by atoms with Crippen molar-refractivity contribution in [1.82, 2.24) is 19.5 Å². The van der Waals surface area contributed by atoms with Gasteiger partial charge in [-0.25, -0.2) is 13.9 Å². The number of phosphoric acid groups is 1. The third-order valence-corrected chi connectivity index (χ3v) is 6.43. The second-order valence-electron chi connectivity index (χ2n) is 5.66. The van der Waals surface area contributed by atoms with Crippen LogP contribution in [0.3, 0.4) is 0 Å². The number of H-pyrrole nitrogens is 1. The molecule has 1 fully saturated rings. The molecule has 1 aliphatic heterocycles. The average Bonchev–Trinajstić information content (AvgIpc) is 3.06. The van der Waals surface area contributed by atoms with Crippen LogP contribution in [-0.4, -0.2) is 69.3 Å². The number of nitrogens with two attached hydrogens (primary N) is 1. The predicted molar refractivity (Wildman–Crippen MR) is 94.1 cm³/mol. The number of nitrogen functional groups attached to an aromatic ring is 1. The van der Waals surface area contributed by atoms with Crippen molar-refractivity contribution in [2.45, 2.75) is 24.5 Å². The zero-order chi connectivity index (χ0) is 20.9. The van der Waals surface area contributed by atoms with Crippen LogP contribution in [0.25, 0.3) is 11.2 Å². The fourth-order valence-corrected chi connectivity index (χ4v) is 4.91. The number of rotatable bonds is 6. The van der Waals surface area contributed by atoms with Crippen molar-refractivity contribution in [3.8, 4) is 0 Å². The van der Waals surface area contributed by atoms with Crippen LogP contribution in [-0.2, 0) is 29.9 Å². The van der Waals surface area contributed by atoms with Gasteiger partial charge in [0.1, 0.15) is 18.3 Å². The second-order valence-corrected chi connectivity index (χ2v) is 9.91. The Morgan fingerprint density at radius 3 is 2.68 bits per heavy atom. The number of anilines is 1. The maximum atomic E-state index is 11.8. The van der Waals surface area contributed by atoms with Gasteiger partial charge in [-0.05, 0) is 11.8 Å². The number of ether oxygens (including phenoxy) is 1. The summed E-state index contributed by atoms with van der Waals surface area (Å²) in [5.41, 5.74) is 4.73. The number of hydrogen-bond donors (Lipinski definition) is 7. The molecule has 156 valence electrons. The number of hydrogen-bond acceptors (Lipinski definition) is 11. The van der Waals surface area contributed by atoms with Gasteiger partial charge < -0.3 is 35.4 Å². The number of fused-ring (bicyclic) bond motifs is 1. The average molecular weight is 459 g/mol. The van der Waals surface area contributed by atoms with E-state index in [0.717, 1.165) is 10.9 Å². The molecule has 0 bridgehead atoms. The largest absolute Gasteiger partial charge is 0.479 e. The SMILES string of the molecule is Nc1nc2c(ncn2[C@@H]2O[C@H](COP(=O)(O)OP(O)(O)=S)C(O)[C@@H]2O)c(=O)[nH]1. The lowest BCUT2D eigenvalue weighted by Gasteiger charge is -2.18. The summed E-state index contributed by atoms with van der Waals surface area (Å²) >= 11 is 4.07. The van der Waals surface area contributed by atoms with Crippen molar-refractivity contribution in [3.05, 3.63) is 16.7 Å². The molecule has 0 saturated carbocycles. The summed E-state index contributed by atoms with van der Waals surface area (Å²) < 4.78 is 26.7. The molecule has 3 heterocycles. The maximum Gasteiger partial charge on any atom is 0.479 e. The summed E-state index contributed by atoms with van der Waals surface area (Å²) in [4.78, 5) is 49.0. The van der Waals surface area contributed by atoms with E-state index in [2.05, 4.69) is 35.6 Å². The zero-order valence-corrected chi connectivity index (χ0v) is 16.2. The maximum absolute atomic E-state index is 11.8. The second kappa shape index (κ2) is 7.51. The van der Waals surface area contributed by atoms with E-state index in [1.165, 1.54) is 0 Å². The van der Waals surface area contributed by atoms with E-state index in [1.807, 2.05) is 0 Å². The lowest BCUT2D eigenvalue weighted by molar-refractivity contribution is -0.0502. The first-order chi connectivity index (χ1) is 12.9. The molecule has 0 amide bonds. The van der Waals surface area contributed by atoms with Gasteiger partial charge in [0.15, 0.2) is 17.4 Å². The molecular formula is C10H15N5O10P2S. The quantitative estimate of drug-likeness (QED) is 0.224. The number of aliphatic hydroxyl groups is 2. The summed E-state index contributed by atoms with van der Waals surface area (Å²) in [6.45, 7) is -5.26. The van der Waals surface area contributed by atoms with E-state index in [4.69, 9.17) is 20.3 Å². The minimum Gasteiger partial charge on any atom is -0.387 e. The highest BCUT2D eigenvalue weighted by molar-refractivity contribution is 8.08. The molecule has 2 unspecified atom stereocenters. The highest BCUT2D eigenvalue weighted by atomic mass is 32.5. The van der Waals surface area contributed by atoms with Gasteiger partial charge in [0.25, 0.3) is 5.56 Å². The van der Waals surface area contributed by atoms with E-state index in [1.54, 1.807) is 0 Å². The minimum absolute atomic E-state index is 0.0310. The molecule has 18 heteroatoms. The first kappa shape index (κ1) is 21.4. The fraction of sp³-hybridized carbons (Fsp3) is 0.500. The van der Waals surface area contributed by atoms with Crippen LogP contribution in [0.1, 0.15) is 6.23 Å². The van der Waals surface area contributed by atoms with E-state index >= 15 is 0 Å². The molecule has 5 atom stereocenters. The molecule has 0 radical (unpaired) electrons. The lowest BCUT2D eigenvalue weighted by Crippen LogP contribution is -2.33. The van der Waals surface area contributed by atoms with Gasteiger partial charge in [-0.3, -0.25) is 18.9 Å². The van der Waals surface area contributed by atoms with Gasteiger partial charge in [0.2, 0.25) is 5.95 Å². The molecular weight excluding hydrogens is 444 g/mol. The number of aromatic nitrogens is 4. The first-order valence-electron chi connectivity index (χ1n) is 7.36. The Morgan fingerprint density at radius 2 is 2.04 bits per heavy atom. The zero-order valence-electron chi connectivity index (χ0n) is 13.6. The molecule has 2 aromatic heterocycles. The van der Waals surface area contributed by atoms with Crippen molar-refractivity contribution >= 4 is 43.5 Å². The van der Waals surface area contributed by atoms with E-state index < -0.39 is 51.2 Å². The Balaban J connectivity index is 1.79. The van der Waals surface area contributed by atoms with Crippen LogP contribution in [0.15, 0.2) is 11.1 Å². The molecule has 0 spiro atoms. The normalized spacial score (nSPS) is 27.9. The summed E-state index contributed by atoms with van der Waals surface area (Å²) in [6.07, 6.45) is -4.65. The van der Waals surface area contributed by atoms with E-state index in [-0.39, 0.29) is 17.1 Å². The Labute approximate surface area is 160 Å². The smallest absolute Gasteiger partial charge is 0.387 e. The molecule has 1 aliphatic rings. The Hall–Kier alpha value is -1.29. The molecule has 28 heavy (non-hydrogen) atoms. The van der Waals surface area contributed by atoms with E-state index in [9.17, 15) is 24.5 Å². The minimum atomic E-state index is -4.97. The van der Waals surface area contributed by atoms with Gasteiger partial charge in [-0.1, -0.05) is 0 Å². The third kappa shape index (κ3) is 4.48. The molecule has 15 nitrogen and oxygen atoms in total. The molecule has 8 N–H and O–H groups in total. The van der Waals surface area contributed by atoms with Crippen LogP contribution < -0.4 is 11.3 Å². The van der Waals surface area contributed by atoms with Gasteiger partial charge in [-0.15, -0.1) is 0 Å². The molecule has 0 aliphatic carbocycles. The number of nitrogens with zero attached hydrogens (tertiary/aromatic N) is 3. The van der Waals surface area contributed by atoms with Crippen LogP contribution in [0.2, 0.25) is 0 Å². The molecule has 2 aromatic rings. The summed E-state index contributed by atoms with van der Waals surface area (Å²) in [6, 6.07) is 0. The van der Waals surface area contributed by atoms with Crippen molar-refractivity contribution in [3.63, 3.8) is 0 Å². The highest BCUT2D eigenvalue weighted by Crippen LogP contribution is 2.58. The van der Waals surface area contributed by atoms with Crippen molar-refractivity contribution < 1.29 is 43.0 Å². The molecule has 1 saturated heterocycles. The van der Waals surface area contributed by atoms with Gasteiger partial charge >= 0.3 is 14.5 Å². The number of nitrogens with one attached hydrogen (secondary N) is 1. The fourth-order valence-electron chi connectivity index (χ4n) is 2.55. The number of aliphatic hydroxyl groups excluding tert-OH is 2. The highest BCUT2D eigenvalue weighted by Gasteiger charge is 2.45. The van der Waals surface area contributed by atoms with Gasteiger partial charge in [0.05, 0.1) is 12.9 Å². The lowest BCUT2D eigenvalue weighted by atomic mass is 10.1. The number of phosphoric ester groups is 1. The van der Waals surface area contributed by atoms with Gasteiger partial charge in [-0.2, -0.15) is 4.98 Å². The number of imidazole rings is 1. The van der Waals surface area contributed by atoms with Crippen molar-refractivity contribution in [2.75, 3.05) is 12.3 Å². The summed E-state index contributed by atoms with van der Waals surface area (Å²) in [5, 5.41) is 20.3. The Bertz CT molecular complexity index is 1040. The van der Waals surface area contributed by atoms with Crippen molar-refractivity contribution in [2.24, 2.45) is 0 Å². The molecule has 0 aromatic carbocycles. The third-order valence-electron chi connectivity index (χ3n) is 3.67. The topological polar surface area (TPSA) is 235 Å². The van der Waals surface area contributed by atoms with Crippen LogP contribution in [0.5, 0.6) is 0 Å². The Kier molecular flexibility index (Phi) is 5.75. The summed E-state index contributed by atoms with van der Waals surface area (Å²) in [5.74, 6) is -0.214. The monoisotopic (exact) mass is 459 g/mol.